The van der Waals surface area contributed by atoms with Crippen LogP contribution in [0, 0.1) is 6.92 Å². The third-order valence-corrected chi connectivity index (χ3v) is 4.28. The Bertz CT molecular complexity index is 699. The molecule has 0 unspecified atom stereocenters. The normalized spacial score (nSPS) is 11.3. The lowest BCUT2D eigenvalue weighted by molar-refractivity contribution is 0.581. The fourth-order valence-corrected chi connectivity index (χ4v) is 3.05. The smallest absolute Gasteiger partial charge is 0.244 e. The summed E-state index contributed by atoms with van der Waals surface area (Å²) in [5.74, 6) is 0.337. The van der Waals surface area contributed by atoms with Gasteiger partial charge in [0.15, 0.2) is 0 Å². The maximum Gasteiger partial charge on any atom is 0.244 e. The molecule has 0 fully saturated rings. The standard InChI is InChI=1S/C14H17N3O2S/c1-11-5-3-6-12(9-11)10-17-20(18,19)13-7-4-8-16-14(13)15-2/h3-9,17H,10H2,1-2H3,(H,15,16). The zero-order valence-electron chi connectivity index (χ0n) is 11.4. The Kier molecular flexibility index (Phi) is 4.36. The highest BCUT2D eigenvalue weighted by Gasteiger charge is 2.18. The molecule has 1 aromatic heterocycles. The molecule has 20 heavy (non-hydrogen) atoms. The van der Waals surface area contributed by atoms with Crippen LogP contribution in [0.1, 0.15) is 11.1 Å². The van der Waals surface area contributed by atoms with E-state index in [0.717, 1.165) is 11.1 Å². The van der Waals surface area contributed by atoms with Crippen molar-refractivity contribution in [3.05, 3.63) is 53.7 Å². The molecule has 1 aromatic carbocycles. The molecule has 6 heteroatoms. The Labute approximate surface area is 119 Å². The lowest BCUT2D eigenvalue weighted by atomic mass is 10.1. The molecule has 0 aliphatic rings. The van der Waals surface area contributed by atoms with Crippen LogP contribution >= 0.6 is 0 Å². The molecular weight excluding hydrogens is 274 g/mol. The summed E-state index contributed by atoms with van der Waals surface area (Å²) < 4.78 is 27.1. The molecule has 0 radical (unpaired) electrons. The molecule has 0 bridgehead atoms. The molecule has 106 valence electrons. The van der Waals surface area contributed by atoms with Crippen LogP contribution in [0.2, 0.25) is 0 Å². The number of sulfonamides is 1. The summed E-state index contributed by atoms with van der Waals surface area (Å²) in [5.41, 5.74) is 2.02. The number of hydrogen-bond donors (Lipinski definition) is 2. The summed E-state index contributed by atoms with van der Waals surface area (Å²) in [5, 5.41) is 2.78. The molecule has 0 aliphatic heterocycles. The van der Waals surface area contributed by atoms with E-state index in [9.17, 15) is 8.42 Å². The van der Waals surface area contributed by atoms with Crippen molar-refractivity contribution in [2.45, 2.75) is 18.4 Å². The first kappa shape index (κ1) is 14.5. The van der Waals surface area contributed by atoms with Crippen LogP contribution in [0.4, 0.5) is 5.82 Å². The van der Waals surface area contributed by atoms with E-state index >= 15 is 0 Å². The number of nitrogens with zero attached hydrogens (tertiary/aromatic N) is 1. The highest BCUT2D eigenvalue weighted by molar-refractivity contribution is 7.89. The number of pyridine rings is 1. The van der Waals surface area contributed by atoms with E-state index in [0.29, 0.717) is 5.82 Å². The van der Waals surface area contributed by atoms with Crippen LogP contribution in [0.25, 0.3) is 0 Å². The molecule has 0 atom stereocenters. The minimum absolute atomic E-state index is 0.148. The first-order chi connectivity index (χ1) is 9.53. The molecule has 0 saturated heterocycles. The van der Waals surface area contributed by atoms with Crippen molar-refractivity contribution < 1.29 is 8.42 Å². The van der Waals surface area contributed by atoms with Crippen molar-refractivity contribution in [1.29, 1.82) is 0 Å². The van der Waals surface area contributed by atoms with Gasteiger partial charge in [0.1, 0.15) is 10.7 Å². The Balaban J connectivity index is 2.19. The zero-order chi connectivity index (χ0) is 14.6. The number of benzene rings is 1. The van der Waals surface area contributed by atoms with Gasteiger partial charge in [-0.15, -0.1) is 0 Å². The number of nitrogens with one attached hydrogen (secondary N) is 2. The summed E-state index contributed by atoms with van der Waals surface area (Å²) >= 11 is 0. The maximum absolute atomic E-state index is 12.3. The molecule has 2 aromatic rings. The van der Waals surface area contributed by atoms with Gasteiger partial charge in [0, 0.05) is 19.8 Å². The average molecular weight is 291 g/mol. The van der Waals surface area contributed by atoms with Gasteiger partial charge in [-0.05, 0) is 24.6 Å². The molecule has 0 saturated carbocycles. The van der Waals surface area contributed by atoms with Gasteiger partial charge in [-0.1, -0.05) is 29.8 Å². The third kappa shape index (κ3) is 3.34. The summed E-state index contributed by atoms with van der Waals surface area (Å²) in [6.07, 6.45) is 1.55. The number of anilines is 1. The minimum Gasteiger partial charge on any atom is -0.372 e. The van der Waals surface area contributed by atoms with Crippen LogP contribution in [0.5, 0.6) is 0 Å². The number of aromatic nitrogens is 1. The molecular formula is C14H17N3O2S. The molecule has 0 amide bonds. The van der Waals surface area contributed by atoms with Crippen molar-refractivity contribution in [2.24, 2.45) is 0 Å². The number of hydrogen-bond acceptors (Lipinski definition) is 4. The molecule has 0 spiro atoms. The maximum atomic E-state index is 12.3. The first-order valence-electron chi connectivity index (χ1n) is 6.21. The highest BCUT2D eigenvalue weighted by atomic mass is 32.2. The van der Waals surface area contributed by atoms with Gasteiger partial charge in [0.05, 0.1) is 0 Å². The van der Waals surface area contributed by atoms with Crippen molar-refractivity contribution in [3.8, 4) is 0 Å². The predicted octanol–water partition coefficient (Wildman–Crippen LogP) is 1.91. The fraction of sp³-hybridized carbons (Fsp3) is 0.214. The van der Waals surface area contributed by atoms with Gasteiger partial charge in [-0.2, -0.15) is 0 Å². The van der Waals surface area contributed by atoms with Gasteiger partial charge < -0.3 is 5.32 Å². The molecule has 0 aliphatic carbocycles. The number of rotatable bonds is 5. The molecule has 2 rings (SSSR count). The van der Waals surface area contributed by atoms with Crippen LogP contribution in [0.15, 0.2) is 47.5 Å². The van der Waals surface area contributed by atoms with Crippen molar-refractivity contribution >= 4 is 15.8 Å². The summed E-state index contributed by atoms with van der Waals surface area (Å²) in [6.45, 7) is 2.22. The quantitative estimate of drug-likeness (QED) is 0.883. The van der Waals surface area contributed by atoms with E-state index in [1.54, 1.807) is 19.3 Å². The van der Waals surface area contributed by atoms with E-state index in [4.69, 9.17) is 0 Å². The van der Waals surface area contributed by atoms with E-state index in [-0.39, 0.29) is 11.4 Å². The second-order valence-corrected chi connectivity index (χ2v) is 6.15. The van der Waals surface area contributed by atoms with Crippen LogP contribution in [0.3, 0.4) is 0 Å². The Morgan fingerprint density at radius 2 is 2.00 bits per heavy atom. The molecule has 2 N–H and O–H groups in total. The zero-order valence-corrected chi connectivity index (χ0v) is 12.2. The number of aryl methyl sites for hydroxylation is 1. The van der Waals surface area contributed by atoms with Gasteiger partial charge in [0.2, 0.25) is 10.0 Å². The van der Waals surface area contributed by atoms with Gasteiger partial charge in [0.25, 0.3) is 0 Å². The first-order valence-corrected chi connectivity index (χ1v) is 7.69. The SMILES string of the molecule is CNc1ncccc1S(=O)(=O)NCc1cccc(C)c1. The monoisotopic (exact) mass is 291 g/mol. The van der Waals surface area contributed by atoms with Crippen molar-refractivity contribution in [1.82, 2.24) is 9.71 Å². The Hall–Kier alpha value is -1.92. The molecule has 5 nitrogen and oxygen atoms in total. The van der Waals surface area contributed by atoms with Crippen LogP contribution < -0.4 is 10.0 Å². The van der Waals surface area contributed by atoms with E-state index in [2.05, 4.69) is 15.0 Å². The van der Waals surface area contributed by atoms with Gasteiger partial charge in [-0.3, -0.25) is 0 Å². The molecule has 1 heterocycles. The third-order valence-electron chi connectivity index (χ3n) is 2.85. The van der Waals surface area contributed by atoms with Gasteiger partial charge >= 0.3 is 0 Å². The Morgan fingerprint density at radius 3 is 2.70 bits per heavy atom. The minimum atomic E-state index is -3.59. The van der Waals surface area contributed by atoms with Crippen LogP contribution in [-0.2, 0) is 16.6 Å². The van der Waals surface area contributed by atoms with E-state index in [1.807, 2.05) is 31.2 Å². The second kappa shape index (κ2) is 6.02. The predicted molar refractivity (Wildman–Crippen MR) is 79.0 cm³/mol. The van der Waals surface area contributed by atoms with E-state index < -0.39 is 10.0 Å². The summed E-state index contributed by atoms with van der Waals surface area (Å²) in [4.78, 5) is 4.15. The summed E-state index contributed by atoms with van der Waals surface area (Å²) in [7, 11) is -1.95. The second-order valence-electron chi connectivity index (χ2n) is 4.41. The van der Waals surface area contributed by atoms with Crippen molar-refractivity contribution in [2.75, 3.05) is 12.4 Å². The Morgan fingerprint density at radius 1 is 1.20 bits per heavy atom. The lowest BCUT2D eigenvalue weighted by Gasteiger charge is -2.10. The van der Waals surface area contributed by atoms with Gasteiger partial charge in [-0.25, -0.2) is 18.1 Å². The topological polar surface area (TPSA) is 71.1 Å². The largest absolute Gasteiger partial charge is 0.372 e. The fourth-order valence-electron chi connectivity index (χ4n) is 1.87. The lowest BCUT2D eigenvalue weighted by Crippen LogP contribution is -2.24. The van der Waals surface area contributed by atoms with E-state index in [1.165, 1.54) is 6.07 Å². The summed E-state index contributed by atoms with van der Waals surface area (Å²) in [6, 6.07) is 10.8. The highest BCUT2D eigenvalue weighted by Crippen LogP contribution is 2.17. The van der Waals surface area contributed by atoms with Crippen molar-refractivity contribution in [3.63, 3.8) is 0 Å². The average Bonchev–Trinajstić information content (AvgIpc) is 2.45. The van der Waals surface area contributed by atoms with Crippen LogP contribution in [-0.4, -0.2) is 20.4 Å².